The number of rotatable bonds is 2. The van der Waals surface area contributed by atoms with Crippen LogP contribution in [-0.4, -0.2) is 13.4 Å². The van der Waals surface area contributed by atoms with E-state index in [9.17, 15) is 8.42 Å². The van der Waals surface area contributed by atoms with Crippen LogP contribution in [0.3, 0.4) is 0 Å². The summed E-state index contributed by atoms with van der Waals surface area (Å²) < 4.78 is 22.3. The van der Waals surface area contributed by atoms with Crippen molar-refractivity contribution in [3.63, 3.8) is 0 Å². The molecule has 0 saturated heterocycles. The highest BCUT2D eigenvalue weighted by atomic mass is 35.5. The monoisotopic (exact) mass is 192 g/mol. The van der Waals surface area contributed by atoms with E-state index < -0.39 is 10.9 Å². The van der Waals surface area contributed by atoms with E-state index in [4.69, 9.17) is 11.6 Å². The number of halogens is 1. The Balaban J connectivity index is 2.82. The van der Waals surface area contributed by atoms with Crippen LogP contribution in [0.2, 0.25) is 5.02 Å². The Bertz CT molecular complexity index is 301. The molecule has 11 heavy (non-hydrogen) atoms. The lowest BCUT2D eigenvalue weighted by Gasteiger charge is -1.95. The molecular formula is C5H5ClN2O2S. The van der Waals surface area contributed by atoms with Gasteiger partial charge in [-0.25, -0.2) is 13.4 Å². The third-order valence-electron chi connectivity index (χ3n) is 0.933. The first-order chi connectivity index (χ1) is 5.18. The molecule has 1 heterocycles. The van der Waals surface area contributed by atoms with Crippen molar-refractivity contribution in [2.24, 2.45) is 0 Å². The molecule has 4 nitrogen and oxygen atoms in total. The molecule has 1 N–H and O–H groups in total. The van der Waals surface area contributed by atoms with Gasteiger partial charge in [-0.15, -0.1) is 0 Å². The summed E-state index contributed by atoms with van der Waals surface area (Å²) in [5, 5.41) is 0.469. The Morgan fingerprint density at radius 3 is 2.64 bits per heavy atom. The molecule has 0 aliphatic carbocycles. The molecule has 0 bridgehead atoms. The summed E-state index contributed by atoms with van der Waals surface area (Å²) in [6.45, 7) is 0. The number of thiol groups is 1. The first-order valence-corrected chi connectivity index (χ1v) is 4.26. The highest BCUT2D eigenvalue weighted by Crippen LogP contribution is 2.08. The number of hydrogen-bond acceptors (Lipinski definition) is 3. The van der Waals surface area contributed by atoms with Gasteiger partial charge >= 0.3 is 0 Å². The minimum atomic E-state index is -2.64. The fourth-order valence-corrected chi connectivity index (χ4v) is 0.967. The van der Waals surface area contributed by atoms with Gasteiger partial charge in [0.05, 0.1) is 5.02 Å². The zero-order valence-electron chi connectivity index (χ0n) is 5.32. The highest BCUT2D eigenvalue weighted by Gasteiger charge is 1.91. The molecule has 6 heteroatoms. The van der Waals surface area contributed by atoms with Crippen molar-refractivity contribution in [1.82, 2.24) is 4.98 Å². The Hall–Kier alpha value is -0.810. The maximum atomic E-state index is 10.1. The molecule has 0 unspecified atom stereocenters. The van der Waals surface area contributed by atoms with Crippen molar-refractivity contribution < 1.29 is 8.42 Å². The second-order valence-corrected chi connectivity index (χ2v) is 2.90. The van der Waals surface area contributed by atoms with Gasteiger partial charge in [-0.2, -0.15) is 0 Å². The summed E-state index contributed by atoms with van der Waals surface area (Å²) in [7, 11) is -2.64. The molecule has 0 atom stereocenters. The molecular weight excluding hydrogens is 188 g/mol. The predicted octanol–water partition coefficient (Wildman–Crippen LogP) is 0.673. The van der Waals surface area contributed by atoms with Gasteiger partial charge in [0.1, 0.15) is 5.82 Å². The quantitative estimate of drug-likeness (QED) is 0.678. The van der Waals surface area contributed by atoms with Gasteiger partial charge in [-0.05, 0) is 12.1 Å². The molecule has 0 spiro atoms. The second-order valence-electron chi connectivity index (χ2n) is 1.73. The summed E-state index contributed by atoms with van der Waals surface area (Å²) in [5.41, 5.74) is 0. The average Bonchev–Trinajstić information content (AvgIpc) is 1.93. The van der Waals surface area contributed by atoms with Crippen LogP contribution < -0.4 is 4.72 Å². The number of hydrogen-bond donors (Lipinski definition) is 2. The second kappa shape index (κ2) is 3.54. The van der Waals surface area contributed by atoms with Crippen LogP contribution in [0.1, 0.15) is 0 Å². The Morgan fingerprint density at radius 2 is 2.18 bits per heavy atom. The number of nitrogens with one attached hydrogen (secondary N) is 1. The minimum Gasteiger partial charge on any atom is -0.270 e. The van der Waals surface area contributed by atoms with Crippen molar-refractivity contribution in [3.8, 4) is 0 Å². The lowest BCUT2D eigenvalue weighted by Crippen LogP contribution is -1.96. The van der Waals surface area contributed by atoms with E-state index in [1.165, 1.54) is 12.3 Å². The van der Waals surface area contributed by atoms with E-state index in [1.807, 2.05) is 0 Å². The van der Waals surface area contributed by atoms with Gasteiger partial charge in [0.2, 0.25) is 10.9 Å². The molecule has 1 aromatic heterocycles. The van der Waals surface area contributed by atoms with Gasteiger partial charge in [-0.1, -0.05) is 11.6 Å². The zero-order valence-corrected chi connectivity index (χ0v) is 6.97. The molecule has 0 aromatic carbocycles. The van der Waals surface area contributed by atoms with Crippen molar-refractivity contribution in [2.45, 2.75) is 0 Å². The third-order valence-corrected chi connectivity index (χ3v) is 1.57. The third kappa shape index (κ3) is 2.73. The van der Waals surface area contributed by atoms with Crippen molar-refractivity contribution >= 4 is 28.3 Å². The molecule has 0 fully saturated rings. The molecule has 0 saturated carbocycles. The summed E-state index contributed by atoms with van der Waals surface area (Å²) in [5.74, 6) is 0.269. The van der Waals surface area contributed by atoms with E-state index in [1.54, 1.807) is 6.07 Å². The highest BCUT2D eigenvalue weighted by molar-refractivity contribution is 7.73. The molecule has 0 aliphatic rings. The Kier molecular flexibility index (Phi) is 2.67. The summed E-state index contributed by atoms with van der Waals surface area (Å²) in [4.78, 5) is 3.69. The predicted molar refractivity (Wildman–Crippen MR) is 43.2 cm³/mol. The topological polar surface area (TPSA) is 59.1 Å². The van der Waals surface area contributed by atoms with E-state index in [0.29, 0.717) is 5.02 Å². The van der Waals surface area contributed by atoms with Crippen LogP contribution >= 0.6 is 11.6 Å². The minimum absolute atomic E-state index is 0.269. The van der Waals surface area contributed by atoms with Crippen LogP contribution in [0, 0.1) is 0 Å². The smallest absolute Gasteiger partial charge is 0.223 e. The SMILES string of the molecule is O=[SH](=O)Nc1ccc(Cl)cn1. The van der Waals surface area contributed by atoms with E-state index in [0.717, 1.165) is 0 Å². The van der Waals surface area contributed by atoms with E-state index >= 15 is 0 Å². The molecule has 1 aromatic rings. The molecule has 0 aliphatic heterocycles. The number of aromatic nitrogens is 1. The maximum Gasteiger partial charge on any atom is 0.223 e. The summed E-state index contributed by atoms with van der Waals surface area (Å²) in [6.07, 6.45) is 1.36. The van der Waals surface area contributed by atoms with Crippen LogP contribution in [0.25, 0.3) is 0 Å². The van der Waals surface area contributed by atoms with Gasteiger partial charge in [0.15, 0.2) is 0 Å². The van der Waals surface area contributed by atoms with Crippen LogP contribution in [0.4, 0.5) is 5.82 Å². The lowest BCUT2D eigenvalue weighted by atomic mass is 10.5. The van der Waals surface area contributed by atoms with Gasteiger partial charge in [0.25, 0.3) is 0 Å². The Morgan fingerprint density at radius 1 is 1.45 bits per heavy atom. The van der Waals surface area contributed by atoms with E-state index in [2.05, 4.69) is 9.71 Å². The molecule has 0 amide bonds. The molecule has 0 radical (unpaired) electrons. The number of pyridine rings is 1. The van der Waals surface area contributed by atoms with Crippen molar-refractivity contribution in [1.29, 1.82) is 0 Å². The van der Waals surface area contributed by atoms with Gasteiger partial charge in [0, 0.05) is 6.20 Å². The molecule has 1 rings (SSSR count). The van der Waals surface area contributed by atoms with Crippen LogP contribution in [-0.2, 0) is 10.9 Å². The summed E-state index contributed by atoms with van der Waals surface area (Å²) in [6, 6.07) is 3.03. The fraction of sp³-hybridized carbons (Fsp3) is 0. The standard InChI is InChI=1S/C5H5ClN2O2S/c6-4-1-2-5(7-3-4)8-11(9)10/h1-3,11H,(H,7,8,9,10). The van der Waals surface area contributed by atoms with Crippen LogP contribution in [0.5, 0.6) is 0 Å². The average molecular weight is 193 g/mol. The lowest BCUT2D eigenvalue weighted by molar-refractivity contribution is 0.619. The fourth-order valence-electron chi connectivity index (χ4n) is 0.535. The van der Waals surface area contributed by atoms with Crippen LogP contribution in [0.15, 0.2) is 18.3 Å². The first kappa shape index (κ1) is 8.29. The van der Waals surface area contributed by atoms with E-state index in [-0.39, 0.29) is 5.82 Å². The number of anilines is 1. The largest absolute Gasteiger partial charge is 0.270 e. The zero-order chi connectivity index (χ0) is 8.27. The Labute approximate surface area is 70.3 Å². The normalized spacial score (nSPS) is 10.0. The van der Waals surface area contributed by atoms with Gasteiger partial charge < -0.3 is 0 Å². The first-order valence-electron chi connectivity index (χ1n) is 2.71. The van der Waals surface area contributed by atoms with Crippen molar-refractivity contribution in [2.75, 3.05) is 4.72 Å². The number of nitrogens with zero attached hydrogens (tertiary/aromatic N) is 1. The van der Waals surface area contributed by atoms with Gasteiger partial charge in [-0.3, -0.25) is 4.72 Å². The molecule has 60 valence electrons. The maximum absolute atomic E-state index is 10.1. The van der Waals surface area contributed by atoms with Crippen molar-refractivity contribution in [3.05, 3.63) is 23.4 Å². The summed E-state index contributed by atoms with van der Waals surface area (Å²) >= 11 is 5.51.